The lowest BCUT2D eigenvalue weighted by molar-refractivity contribution is -0.137. The Hall–Kier alpha value is -1.78. The summed E-state index contributed by atoms with van der Waals surface area (Å²) in [5, 5.41) is 8.56. The second-order valence-electron chi connectivity index (χ2n) is 3.46. The van der Waals surface area contributed by atoms with Crippen molar-refractivity contribution < 1.29 is 19.1 Å². The SMILES string of the molecule is CCN(CCC(=O)O)C(=O)c1occc1C. The second-order valence-corrected chi connectivity index (χ2v) is 3.46. The molecule has 1 aromatic rings. The van der Waals surface area contributed by atoms with Crippen LogP contribution in [0.2, 0.25) is 0 Å². The molecule has 0 aliphatic heterocycles. The number of carboxylic acids is 1. The van der Waals surface area contributed by atoms with Gasteiger partial charge in [0.05, 0.1) is 12.7 Å². The largest absolute Gasteiger partial charge is 0.481 e. The first kappa shape index (κ1) is 12.3. The quantitative estimate of drug-likeness (QED) is 0.824. The molecule has 0 aliphatic rings. The summed E-state index contributed by atoms with van der Waals surface area (Å²) < 4.78 is 5.08. The molecule has 0 radical (unpaired) electrons. The van der Waals surface area contributed by atoms with E-state index in [9.17, 15) is 9.59 Å². The Morgan fingerprint density at radius 2 is 2.19 bits per heavy atom. The summed E-state index contributed by atoms with van der Waals surface area (Å²) in [5.74, 6) is -0.888. The van der Waals surface area contributed by atoms with E-state index in [0.717, 1.165) is 5.56 Å². The fourth-order valence-electron chi connectivity index (χ4n) is 1.37. The Balaban J connectivity index is 2.70. The van der Waals surface area contributed by atoms with Crippen LogP contribution in [-0.2, 0) is 4.79 Å². The highest BCUT2D eigenvalue weighted by Gasteiger charge is 2.19. The van der Waals surface area contributed by atoms with Gasteiger partial charge in [0, 0.05) is 18.7 Å². The lowest BCUT2D eigenvalue weighted by Crippen LogP contribution is -2.32. The van der Waals surface area contributed by atoms with Gasteiger partial charge < -0.3 is 14.4 Å². The molecule has 0 fully saturated rings. The number of hydrogen-bond acceptors (Lipinski definition) is 3. The highest BCUT2D eigenvalue weighted by atomic mass is 16.4. The van der Waals surface area contributed by atoms with Gasteiger partial charge in [0.25, 0.3) is 5.91 Å². The van der Waals surface area contributed by atoms with Crippen molar-refractivity contribution in [1.82, 2.24) is 4.90 Å². The van der Waals surface area contributed by atoms with Crippen LogP contribution in [0.25, 0.3) is 0 Å². The van der Waals surface area contributed by atoms with Crippen LogP contribution in [0.4, 0.5) is 0 Å². The van der Waals surface area contributed by atoms with E-state index in [2.05, 4.69) is 0 Å². The summed E-state index contributed by atoms with van der Waals surface area (Å²) in [7, 11) is 0. The molecule has 16 heavy (non-hydrogen) atoms. The fraction of sp³-hybridized carbons (Fsp3) is 0.455. The number of nitrogens with zero attached hydrogens (tertiary/aromatic N) is 1. The molecule has 1 N–H and O–H groups in total. The summed E-state index contributed by atoms with van der Waals surface area (Å²) >= 11 is 0. The van der Waals surface area contributed by atoms with Crippen LogP contribution in [0.3, 0.4) is 0 Å². The minimum absolute atomic E-state index is 0.0562. The number of rotatable bonds is 5. The summed E-state index contributed by atoms with van der Waals surface area (Å²) in [5.41, 5.74) is 0.763. The standard InChI is InChI=1S/C11H15NO4/c1-3-12(6-4-9(13)14)11(15)10-8(2)5-7-16-10/h5,7H,3-4,6H2,1-2H3,(H,13,14). The van der Waals surface area contributed by atoms with Gasteiger partial charge in [-0.15, -0.1) is 0 Å². The van der Waals surface area contributed by atoms with E-state index >= 15 is 0 Å². The van der Waals surface area contributed by atoms with Crippen LogP contribution in [0.1, 0.15) is 29.5 Å². The summed E-state index contributed by atoms with van der Waals surface area (Å²) in [6.45, 7) is 4.25. The maximum absolute atomic E-state index is 11.9. The maximum Gasteiger partial charge on any atom is 0.305 e. The lowest BCUT2D eigenvalue weighted by atomic mass is 10.2. The van der Waals surface area contributed by atoms with Crippen molar-refractivity contribution in [3.8, 4) is 0 Å². The van der Waals surface area contributed by atoms with Crippen molar-refractivity contribution in [2.45, 2.75) is 20.3 Å². The third-order valence-electron chi connectivity index (χ3n) is 2.32. The predicted molar refractivity (Wildman–Crippen MR) is 57.3 cm³/mol. The van der Waals surface area contributed by atoms with Crippen LogP contribution in [0.5, 0.6) is 0 Å². The molecule has 0 unspecified atom stereocenters. The molecule has 1 aromatic heterocycles. The first-order chi connectivity index (χ1) is 7.56. The number of hydrogen-bond donors (Lipinski definition) is 1. The molecule has 5 nitrogen and oxygen atoms in total. The molecule has 88 valence electrons. The number of carbonyl (C=O) groups excluding carboxylic acids is 1. The molecule has 1 rings (SSSR count). The van der Waals surface area contributed by atoms with E-state index < -0.39 is 5.97 Å². The van der Waals surface area contributed by atoms with Crippen LogP contribution >= 0.6 is 0 Å². The van der Waals surface area contributed by atoms with Crippen molar-refractivity contribution >= 4 is 11.9 Å². The van der Waals surface area contributed by atoms with E-state index in [1.165, 1.54) is 11.2 Å². The zero-order chi connectivity index (χ0) is 12.1. The monoisotopic (exact) mass is 225 g/mol. The molecule has 1 amide bonds. The van der Waals surface area contributed by atoms with Crippen molar-refractivity contribution in [3.05, 3.63) is 23.7 Å². The number of aliphatic carboxylic acids is 1. The van der Waals surface area contributed by atoms with Crippen LogP contribution < -0.4 is 0 Å². The number of carboxylic acid groups (broad SMARTS) is 1. The molecule has 0 aliphatic carbocycles. The van der Waals surface area contributed by atoms with Gasteiger partial charge in [0.1, 0.15) is 0 Å². The predicted octanol–water partition coefficient (Wildman–Crippen LogP) is 1.52. The molecule has 0 aromatic carbocycles. The van der Waals surface area contributed by atoms with E-state index in [1.807, 2.05) is 0 Å². The van der Waals surface area contributed by atoms with E-state index in [-0.39, 0.29) is 24.6 Å². The zero-order valence-electron chi connectivity index (χ0n) is 9.40. The van der Waals surface area contributed by atoms with Gasteiger partial charge in [0.2, 0.25) is 0 Å². The Morgan fingerprint density at radius 3 is 2.62 bits per heavy atom. The van der Waals surface area contributed by atoms with E-state index in [0.29, 0.717) is 6.54 Å². The topological polar surface area (TPSA) is 70.8 Å². The molecule has 0 saturated carbocycles. The Morgan fingerprint density at radius 1 is 1.50 bits per heavy atom. The average Bonchev–Trinajstić information content (AvgIpc) is 2.64. The number of carbonyl (C=O) groups is 2. The van der Waals surface area contributed by atoms with Gasteiger partial charge >= 0.3 is 5.97 Å². The average molecular weight is 225 g/mol. The molecule has 0 saturated heterocycles. The molecular formula is C11H15NO4. The third-order valence-corrected chi connectivity index (χ3v) is 2.32. The van der Waals surface area contributed by atoms with E-state index in [4.69, 9.17) is 9.52 Å². The minimum atomic E-state index is -0.914. The molecule has 0 atom stereocenters. The summed E-state index contributed by atoms with van der Waals surface area (Å²) in [6.07, 6.45) is 1.40. The maximum atomic E-state index is 11.9. The molecule has 1 heterocycles. The van der Waals surface area contributed by atoms with Gasteiger partial charge in [-0.05, 0) is 19.9 Å². The number of aryl methyl sites for hydroxylation is 1. The number of furan rings is 1. The Kier molecular flexibility index (Phi) is 4.10. The van der Waals surface area contributed by atoms with Crippen LogP contribution in [-0.4, -0.2) is 35.0 Å². The van der Waals surface area contributed by atoms with Crippen LogP contribution in [0.15, 0.2) is 16.7 Å². The third kappa shape index (κ3) is 2.85. The van der Waals surface area contributed by atoms with Crippen molar-refractivity contribution in [2.75, 3.05) is 13.1 Å². The van der Waals surface area contributed by atoms with Crippen molar-refractivity contribution in [2.24, 2.45) is 0 Å². The van der Waals surface area contributed by atoms with E-state index in [1.54, 1.807) is 19.9 Å². The zero-order valence-corrected chi connectivity index (χ0v) is 9.40. The van der Waals surface area contributed by atoms with Gasteiger partial charge in [-0.2, -0.15) is 0 Å². The lowest BCUT2D eigenvalue weighted by Gasteiger charge is -2.18. The summed E-state index contributed by atoms with van der Waals surface area (Å²) in [6, 6.07) is 1.71. The fourth-order valence-corrected chi connectivity index (χ4v) is 1.37. The van der Waals surface area contributed by atoms with Gasteiger partial charge in [0.15, 0.2) is 5.76 Å². The second kappa shape index (κ2) is 5.34. The molecule has 0 bridgehead atoms. The first-order valence-electron chi connectivity index (χ1n) is 5.11. The molecule has 5 heteroatoms. The van der Waals surface area contributed by atoms with Gasteiger partial charge in [-0.1, -0.05) is 0 Å². The highest BCUT2D eigenvalue weighted by Crippen LogP contribution is 2.12. The van der Waals surface area contributed by atoms with Crippen molar-refractivity contribution in [3.63, 3.8) is 0 Å². The Labute approximate surface area is 93.7 Å². The highest BCUT2D eigenvalue weighted by molar-refractivity contribution is 5.93. The normalized spacial score (nSPS) is 10.1. The van der Waals surface area contributed by atoms with Crippen LogP contribution in [0, 0.1) is 6.92 Å². The molecular weight excluding hydrogens is 210 g/mol. The molecule has 0 spiro atoms. The number of amides is 1. The Bertz CT molecular complexity index is 383. The minimum Gasteiger partial charge on any atom is -0.481 e. The van der Waals surface area contributed by atoms with Gasteiger partial charge in [-0.25, -0.2) is 0 Å². The smallest absolute Gasteiger partial charge is 0.305 e. The first-order valence-corrected chi connectivity index (χ1v) is 5.11. The van der Waals surface area contributed by atoms with Gasteiger partial charge in [-0.3, -0.25) is 9.59 Å². The van der Waals surface area contributed by atoms with Crippen molar-refractivity contribution in [1.29, 1.82) is 0 Å². The summed E-state index contributed by atoms with van der Waals surface area (Å²) in [4.78, 5) is 23.8.